The van der Waals surface area contributed by atoms with E-state index in [2.05, 4.69) is 10.4 Å². The third-order valence-corrected chi connectivity index (χ3v) is 2.88. The smallest absolute Gasteiger partial charge is 0.337 e. The van der Waals surface area contributed by atoms with Gasteiger partial charge in [0.15, 0.2) is 0 Å². The van der Waals surface area contributed by atoms with Gasteiger partial charge in [-0.3, -0.25) is 4.68 Å². The van der Waals surface area contributed by atoms with E-state index >= 15 is 0 Å². The number of nitriles is 1. The third-order valence-electron chi connectivity index (χ3n) is 2.88. The molecular weight excluding hydrogens is 288 g/mol. The molecule has 0 aliphatic carbocycles. The van der Waals surface area contributed by atoms with Crippen LogP contribution in [0.15, 0.2) is 18.2 Å². The molecule has 2 aromatic rings. The molecule has 1 N–H and O–H groups in total. The number of anilines is 2. The standard InChI is InChI=1S/C13H10F4N4/c1-7-9(6-18)12(21(2)20-7)19-11-5-8(13(15,16)17)3-4-10(11)14/h3-5,19H,1-2H3. The van der Waals surface area contributed by atoms with Crippen molar-refractivity contribution in [2.24, 2.45) is 7.05 Å². The molecule has 0 atom stereocenters. The molecule has 0 saturated heterocycles. The maximum Gasteiger partial charge on any atom is 0.416 e. The Morgan fingerprint density at radius 2 is 2.00 bits per heavy atom. The van der Waals surface area contributed by atoms with Crippen LogP contribution in [0.2, 0.25) is 0 Å². The van der Waals surface area contributed by atoms with Gasteiger partial charge in [0.05, 0.1) is 16.9 Å². The van der Waals surface area contributed by atoms with E-state index in [-0.39, 0.29) is 17.1 Å². The molecule has 1 heterocycles. The van der Waals surface area contributed by atoms with Gasteiger partial charge in [0, 0.05) is 7.05 Å². The van der Waals surface area contributed by atoms with Crippen LogP contribution in [0, 0.1) is 24.1 Å². The van der Waals surface area contributed by atoms with Crippen molar-refractivity contribution in [3.05, 3.63) is 40.8 Å². The largest absolute Gasteiger partial charge is 0.416 e. The van der Waals surface area contributed by atoms with Crippen LogP contribution in [0.3, 0.4) is 0 Å². The van der Waals surface area contributed by atoms with Crippen LogP contribution in [0.5, 0.6) is 0 Å². The molecule has 2 rings (SSSR count). The number of rotatable bonds is 2. The van der Waals surface area contributed by atoms with E-state index in [9.17, 15) is 17.6 Å². The Balaban J connectivity index is 2.48. The predicted molar refractivity (Wildman–Crippen MR) is 67.3 cm³/mol. The number of hydrogen-bond acceptors (Lipinski definition) is 3. The fraction of sp³-hybridized carbons (Fsp3) is 0.231. The van der Waals surface area contributed by atoms with Crippen molar-refractivity contribution < 1.29 is 17.6 Å². The second-order valence-electron chi connectivity index (χ2n) is 4.36. The maximum absolute atomic E-state index is 13.7. The highest BCUT2D eigenvalue weighted by molar-refractivity contribution is 5.65. The molecule has 0 spiro atoms. The highest BCUT2D eigenvalue weighted by atomic mass is 19.4. The molecule has 8 heteroatoms. The molecule has 0 amide bonds. The lowest BCUT2D eigenvalue weighted by atomic mass is 10.1. The van der Waals surface area contributed by atoms with Crippen molar-refractivity contribution in [3.8, 4) is 6.07 Å². The number of nitrogens with one attached hydrogen (secondary N) is 1. The van der Waals surface area contributed by atoms with Crippen molar-refractivity contribution in [3.63, 3.8) is 0 Å². The molecule has 0 unspecified atom stereocenters. The average molecular weight is 298 g/mol. The maximum atomic E-state index is 13.7. The first-order valence-electron chi connectivity index (χ1n) is 5.81. The third kappa shape index (κ3) is 2.81. The number of halogens is 4. The number of alkyl halides is 3. The number of aromatic nitrogens is 2. The van der Waals surface area contributed by atoms with Crippen LogP contribution in [0.25, 0.3) is 0 Å². The summed E-state index contributed by atoms with van der Waals surface area (Å²) in [5.74, 6) is -0.723. The molecule has 4 nitrogen and oxygen atoms in total. The number of benzene rings is 1. The summed E-state index contributed by atoms with van der Waals surface area (Å²) in [6.45, 7) is 1.58. The van der Waals surface area contributed by atoms with Gasteiger partial charge in [0.1, 0.15) is 23.3 Å². The molecule has 1 aromatic heterocycles. The van der Waals surface area contributed by atoms with E-state index in [1.54, 1.807) is 6.92 Å². The second kappa shape index (κ2) is 5.09. The fourth-order valence-electron chi connectivity index (χ4n) is 1.86. The molecule has 0 saturated carbocycles. The van der Waals surface area contributed by atoms with Crippen molar-refractivity contribution >= 4 is 11.5 Å². The van der Waals surface area contributed by atoms with Gasteiger partial charge in [-0.15, -0.1) is 0 Å². The minimum atomic E-state index is -4.58. The van der Waals surface area contributed by atoms with Gasteiger partial charge in [0.25, 0.3) is 0 Å². The number of aryl methyl sites for hydroxylation is 2. The van der Waals surface area contributed by atoms with E-state index < -0.39 is 17.6 Å². The van der Waals surface area contributed by atoms with Crippen LogP contribution in [-0.2, 0) is 13.2 Å². The van der Waals surface area contributed by atoms with Crippen molar-refractivity contribution in [2.75, 3.05) is 5.32 Å². The first-order chi connectivity index (χ1) is 9.74. The van der Waals surface area contributed by atoms with Crippen LogP contribution < -0.4 is 5.32 Å². The summed E-state index contributed by atoms with van der Waals surface area (Å²) in [7, 11) is 1.50. The highest BCUT2D eigenvalue weighted by Gasteiger charge is 2.31. The summed E-state index contributed by atoms with van der Waals surface area (Å²) in [4.78, 5) is 0. The summed E-state index contributed by atoms with van der Waals surface area (Å²) >= 11 is 0. The number of hydrogen-bond donors (Lipinski definition) is 1. The van der Waals surface area contributed by atoms with Gasteiger partial charge in [-0.1, -0.05) is 0 Å². The Morgan fingerprint density at radius 1 is 1.33 bits per heavy atom. The lowest BCUT2D eigenvalue weighted by molar-refractivity contribution is -0.137. The molecule has 1 aromatic carbocycles. The topological polar surface area (TPSA) is 53.6 Å². The van der Waals surface area contributed by atoms with Gasteiger partial charge in [-0.2, -0.15) is 23.5 Å². The minimum absolute atomic E-state index is 0.133. The summed E-state index contributed by atoms with van der Waals surface area (Å²) in [6.07, 6.45) is -4.58. The second-order valence-corrected chi connectivity index (χ2v) is 4.36. The Hall–Kier alpha value is -2.56. The average Bonchev–Trinajstić information content (AvgIpc) is 2.65. The van der Waals surface area contributed by atoms with Crippen LogP contribution in [0.4, 0.5) is 29.1 Å². The lowest BCUT2D eigenvalue weighted by Crippen LogP contribution is -2.07. The predicted octanol–water partition coefficient (Wildman–Crippen LogP) is 3.50. The van der Waals surface area contributed by atoms with Gasteiger partial charge >= 0.3 is 6.18 Å². The van der Waals surface area contributed by atoms with Crippen molar-refractivity contribution in [2.45, 2.75) is 13.1 Å². The summed E-state index contributed by atoms with van der Waals surface area (Å²) in [6, 6.07) is 3.91. The number of nitrogens with zero attached hydrogens (tertiary/aromatic N) is 3. The summed E-state index contributed by atoms with van der Waals surface area (Å²) < 4.78 is 52.9. The van der Waals surface area contributed by atoms with Crippen molar-refractivity contribution in [1.82, 2.24) is 9.78 Å². The normalized spacial score (nSPS) is 11.3. The molecule has 0 radical (unpaired) electrons. The molecule has 0 fully saturated rings. The van der Waals surface area contributed by atoms with Gasteiger partial charge in [-0.05, 0) is 25.1 Å². The Labute approximate surface area is 117 Å². The lowest BCUT2D eigenvalue weighted by Gasteiger charge is -2.12. The zero-order valence-electron chi connectivity index (χ0n) is 11.1. The van der Waals surface area contributed by atoms with E-state index in [1.165, 1.54) is 11.7 Å². The monoisotopic (exact) mass is 298 g/mol. The van der Waals surface area contributed by atoms with Gasteiger partial charge in [0.2, 0.25) is 0 Å². The minimum Gasteiger partial charge on any atom is -0.337 e. The summed E-state index contributed by atoms with van der Waals surface area (Å²) in [5.41, 5.74) is -0.808. The zero-order chi connectivity index (χ0) is 15.8. The molecular formula is C13H10F4N4. The van der Waals surface area contributed by atoms with E-state index in [0.29, 0.717) is 17.8 Å². The van der Waals surface area contributed by atoms with Gasteiger partial charge < -0.3 is 5.32 Å². The SMILES string of the molecule is Cc1nn(C)c(Nc2cc(C(F)(F)F)ccc2F)c1C#N. The van der Waals surface area contributed by atoms with Gasteiger partial charge in [-0.25, -0.2) is 4.39 Å². The molecule has 0 aliphatic heterocycles. The Morgan fingerprint density at radius 3 is 2.57 bits per heavy atom. The van der Waals surface area contributed by atoms with Crippen LogP contribution in [0.1, 0.15) is 16.8 Å². The van der Waals surface area contributed by atoms with Crippen LogP contribution in [-0.4, -0.2) is 9.78 Å². The molecule has 110 valence electrons. The Bertz CT molecular complexity index is 725. The van der Waals surface area contributed by atoms with E-state index in [1.807, 2.05) is 6.07 Å². The summed E-state index contributed by atoms with van der Waals surface area (Å²) in [5, 5.41) is 15.5. The van der Waals surface area contributed by atoms with E-state index in [4.69, 9.17) is 5.26 Å². The first-order valence-corrected chi connectivity index (χ1v) is 5.81. The highest BCUT2D eigenvalue weighted by Crippen LogP contribution is 2.33. The van der Waals surface area contributed by atoms with Crippen molar-refractivity contribution in [1.29, 1.82) is 5.26 Å². The zero-order valence-corrected chi connectivity index (χ0v) is 11.1. The quantitative estimate of drug-likeness (QED) is 0.863. The fourth-order valence-corrected chi connectivity index (χ4v) is 1.86. The molecule has 0 bridgehead atoms. The first kappa shape index (κ1) is 14.8. The Kier molecular flexibility index (Phi) is 3.60. The van der Waals surface area contributed by atoms with Crippen LogP contribution >= 0.6 is 0 Å². The molecule has 0 aliphatic rings. The van der Waals surface area contributed by atoms with E-state index in [0.717, 1.165) is 6.07 Å². The molecule has 21 heavy (non-hydrogen) atoms.